The number of hydrogen-bond donors (Lipinski definition) is 1. The van der Waals surface area contributed by atoms with E-state index >= 15 is 0 Å². The highest BCUT2D eigenvalue weighted by atomic mass is 35.5. The van der Waals surface area contributed by atoms with Gasteiger partial charge in [-0.25, -0.2) is 9.78 Å². The Hall–Kier alpha value is -1.96. The average Bonchev–Trinajstić information content (AvgIpc) is 3.15. The molecule has 1 aromatic carbocycles. The highest BCUT2D eigenvalue weighted by molar-refractivity contribution is 7.09. The van der Waals surface area contributed by atoms with Gasteiger partial charge in [-0.3, -0.25) is 9.69 Å². The van der Waals surface area contributed by atoms with Crippen molar-refractivity contribution in [3.63, 3.8) is 0 Å². The number of carbonyl (C=O) groups excluding carboxylic acids is 2. The van der Waals surface area contributed by atoms with Gasteiger partial charge in [0.1, 0.15) is 16.7 Å². The van der Waals surface area contributed by atoms with Gasteiger partial charge in [-0.05, 0) is 38.5 Å². The molecule has 0 spiro atoms. The second-order valence-corrected chi connectivity index (χ2v) is 7.56. The van der Waals surface area contributed by atoms with Crippen molar-refractivity contribution in [3.05, 3.63) is 50.9 Å². The first-order valence-corrected chi connectivity index (χ1v) is 9.57. The molecular formula is C18H20ClN3O3S. The van der Waals surface area contributed by atoms with Gasteiger partial charge in [-0.1, -0.05) is 23.7 Å². The van der Waals surface area contributed by atoms with Crippen molar-refractivity contribution in [1.29, 1.82) is 0 Å². The van der Waals surface area contributed by atoms with Crippen LogP contribution in [0.3, 0.4) is 0 Å². The van der Waals surface area contributed by atoms with Crippen LogP contribution in [-0.4, -0.2) is 28.4 Å². The molecule has 0 radical (unpaired) electrons. The Balaban J connectivity index is 1.80. The predicted octanol–water partition coefficient (Wildman–Crippen LogP) is 3.86. The van der Waals surface area contributed by atoms with Crippen molar-refractivity contribution in [2.24, 2.45) is 0 Å². The Bertz CT molecular complexity index is 841. The van der Waals surface area contributed by atoms with Crippen LogP contribution in [0, 0.1) is 0 Å². The van der Waals surface area contributed by atoms with E-state index < -0.39 is 11.6 Å². The van der Waals surface area contributed by atoms with E-state index in [2.05, 4.69) is 10.3 Å². The lowest BCUT2D eigenvalue weighted by Crippen LogP contribution is -2.40. The third kappa shape index (κ3) is 3.47. The minimum absolute atomic E-state index is 0.112. The fourth-order valence-corrected chi connectivity index (χ4v) is 3.90. The molecule has 0 saturated carbocycles. The summed E-state index contributed by atoms with van der Waals surface area (Å²) < 4.78 is 5.53. The molecule has 1 aliphatic rings. The average molecular weight is 394 g/mol. The number of urea groups is 1. The summed E-state index contributed by atoms with van der Waals surface area (Å²) in [4.78, 5) is 31.0. The molecule has 0 bridgehead atoms. The van der Waals surface area contributed by atoms with E-state index in [9.17, 15) is 9.59 Å². The first-order valence-electron chi connectivity index (χ1n) is 8.31. The van der Waals surface area contributed by atoms with Gasteiger partial charge in [-0.15, -0.1) is 11.3 Å². The standard InChI is InChI=1S/C18H20ClN3O3S/c1-4-25-11(2)15-20-14(10-26-15)9-22-16(23)18(3,21-17(22)24)12-6-5-7-13(19)8-12/h5-8,10-11H,4,9H2,1-3H3,(H,21,24). The Labute approximate surface area is 161 Å². The molecule has 1 aromatic heterocycles. The number of aromatic nitrogens is 1. The summed E-state index contributed by atoms with van der Waals surface area (Å²) in [6.45, 7) is 6.25. The summed E-state index contributed by atoms with van der Waals surface area (Å²) in [6.07, 6.45) is -0.112. The molecule has 1 fully saturated rings. The Morgan fingerprint density at radius 1 is 1.42 bits per heavy atom. The monoisotopic (exact) mass is 393 g/mol. The van der Waals surface area contributed by atoms with Crippen LogP contribution in [0.2, 0.25) is 5.02 Å². The topological polar surface area (TPSA) is 71.5 Å². The number of halogens is 1. The van der Waals surface area contributed by atoms with Crippen molar-refractivity contribution in [3.8, 4) is 0 Å². The maximum Gasteiger partial charge on any atom is 0.325 e. The summed E-state index contributed by atoms with van der Waals surface area (Å²) >= 11 is 7.49. The smallest absolute Gasteiger partial charge is 0.325 e. The van der Waals surface area contributed by atoms with Crippen LogP contribution in [0.5, 0.6) is 0 Å². The van der Waals surface area contributed by atoms with E-state index in [0.29, 0.717) is 22.9 Å². The van der Waals surface area contributed by atoms with Gasteiger partial charge in [0, 0.05) is 17.0 Å². The zero-order valence-corrected chi connectivity index (χ0v) is 16.4. The maximum absolute atomic E-state index is 12.9. The molecule has 2 atom stereocenters. The van der Waals surface area contributed by atoms with Crippen molar-refractivity contribution >= 4 is 34.9 Å². The lowest BCUT2D eigenvalue weighted by Gasteiger charge is -2.22. The zero-order chi connectivity index (χ0) is 18.9. The minimum Gasteiger partial charge on any atom is -0.372 e. The lowest BCUT2D eigenvalue weighted by molar-refractivity contribution is -0.131. The number of imide groups is 1. The van der Waals surface area contributed by atoms with Gasteiger partial charge in [0.2, 0.25) is 0 Å². The van der Waals surface area contributed by atoms with E-state index in [-0.39, 0.29) is 18.6 Å². The summed E-state index contributed by atoms with van der Waals surface area (Å²) in [7, 11) is 0. The number of rotatable bonds is 6. The first kappa shape index (κ1) is 18.8. The van der Waals surface area contributed by atoms with Crippen LogP contribution in [0.1, 0.15) is 43.1 Å². The number of amides is 3. The maximum atomic E-state index is 12.9. The van der Waals surface area contributed by atoms with E-state index in [1.165, 1.54) is 16.2 Å². The van der Waals surface area contributed by atoms with Gasteiger partial charge in [0.15, 0.2) is 0 Å². The van der Waals surface area contributed by atoms with Gasteiger partial charge in [-0.2, -0.15) is 0 Å². The molecule has 3 rings (SSSR count). The normalized spacial score (nSPS) is 21.2. The van der Waals surface area contributed by atoms with Crippen LogP contribution in [0.15, 0.2) is 29.6 Å². The number of thiazole rings is 1. The molecule has 2 unspecified atom stereocenters. The molecule has 0 aliphatic carbocycles. The molecule has 26 heavy (non-hydrogen) atoms. The number of benzene rings is 1. The van der Waals surface area contributed by atoms with E-state index in [0.717, 1.165) is 5.01 Å². The van der Waals surface area contributed by atoms with Crippen molar-refractivity contribution in [1.82, 2.24) is 15.2 Å². The number of ether oxygens (including phenoxy) is 1. The fourth-order valence-electron chi connectivity index (χ4n) is 2.90. The van der Waals surface area contributed by atoms with Crippen molar-refractivity contribution < 1.29 is 14.3 Å². The van der Waals surface area contributed by atoms with Crippen LogP contribution in [0.4, 0.5) is 4.79 Å². The van der Waals surface area contributed by atoms with E-state index in [4.69, 9.17) is 16.3 Å². The van der Waals surface area contributed by atoms with Gasteiger partial charge < -0.3 is 10.1 Å². The quantitative estimate of drug-likeness (QED) is 0.756. The van der Waals surface area contributed by atoms with Crippen LogP contribution in [0.25, 0.3) is 0 Å². The molecule has 3 amide bonds. The van der Waals surface area contributed by atoms with Crippen molar-refractivity contribution in [2.75, 3.05) is 6.61 Å². The minimum atomic E-state index is -1.14. The third-order valence-electron chi connectivity index (χ3n) is 4.33. The molecule has 6 nitrogen and oxygen atoms in total. The lowest BCUT2D eigenvalue weighted by atomic mass is 9.92. The van der Waals surface area contributed by atoms with Gasteiger partial charge >= 0.3 is 6.03 Å². The summed E-state index contributed by atoms with van der Waals surface area (Å²) in [6, 6.07) is 6.51. The first-order chi connectivity index (χ1) is 12.3. The zero-order valence-electron chi connectivity index (χ0n) is 14.8. The molecule has 1 saturated heterocycles. The summed E-state index contributed by atoms with van der Waals surface area (Å²) in [5.74, 6) is -0.322. The van der Waals surface area contributed by atoms with Gasteiger partial charge in [0.25, 0.3) is 5.91 Å². The number of nitrogens with one attached hydrogen (secondary N) is 1. The summed E-state index contributed by atoms with van der Waals surface area (Å²) in [5, 5.41) is 5.96. The number of nitrogens with zero attached hydrogens (tertiary/aromatic N) is 2. The highest BCUT2D eigenvalue weighted by Gasteiger charge is 2.49. The largest absolute Gasteiger partial charge is 0.372 e. The molecule has 2 heterocycles. The predicted molar refractivity (Wildman–Crippen MR) is 100 cm³/mol. The SMILES string of the molecule is CCOC(C)c1nc(CN2C(=O)NC(C)(c3cccc(Cl)c3)C2=O)cs1. The third-order valence-corrected chi connectivity index (χ3v) is 5.62. The molecular weight excluding hydrogens is 374 g/mol. The second-order valence-electron chi connectivity index (χ2n) is 6.23. The summed E-state index contributed by atoms with van der Waals surface area (Å²) in [5.41, 5.74) is 0.171. The van der Waals surface area contributed by atoms with Crippen molar-refractivity contribution in [2.45, 2.75) is 39.0 Å². The van der Waals surface area contributed by atoms with E-state index in [1.54, 1.807) is 31.2 Å². The number of hydrogen-bond acceptors (Lipinski definition) is 5. The molecule has 1 aliphatic heterocycles. The molecule has 2 aromatic rings. The molecule has 138 valence electrons. The molecule has 8 heteroatoms. The van der Waals surface area contributed by atoms with Crippen LogP contribution < -0.4 is 5.32 Å². The van der Waals surface area contributed by atoms with E-state index in [1.807, 2.05) is 19.2 Å². The van der Waals surface area contributed by atoms with Crippen LogP contribution in [-0.2, 0) is 21.6 Å². The highest BCUT2D eigenvalue weighted by Crippen LogP contribution is 2.31. The Kier molecular flexibility index (Phi) is 5.32. The fraction of sp³-hybridized carbons (Fsp3) is 0.389. The Morgan fingerprint density at radius 3 is 2.88 bits per heavy atom. The second kappa shape index (κ2) is 7.34. The molecule has 1 N–H and O–H groups in total. The van der Waals surface area contributed by atoms with Gasteiger partial charge in [0.05, 0.1) is 12.2 Å². The van der Waals surface area contributed by atoms with Crippen LogP contribution >= 0.6 is 22.9 Å². The number of carbonyl (C=O) groups is 2. The Morgan fingerprint density at radius 2 is 2.19 bits per heavy atom.